The van der Waals surface area contributed by atoms with Crippen molar-refractivity contribution in [3.63, 3.8) is 0 Å². The topological polar surface area (TPSA) is 41.6 Å². The minimum Gasteiger partial charge on any atom is -0.330 e. The van der Waals surface area contributed by atoms with Gasteiger partial charge in [-0.3, -0.25) is 5.01 Å². The van der Waals surface area contributed by atoms with E-state index in [1.54, 1.807) is 22.8 Å². The fourth-order valence-corrected chi connectivity index (χ4v) is 4.08. The second kappa shape index (κ2) is 6.72. The molecule has 1 aliphatic rings. The van der Waals surface area contributed by atoms with E-state index >= 15 is 0 Å². The van der Waals surface area contributed by atoms with Gasteiger partial charge in [-0.25, -0.2) is 4.39 Å². The summed E-state index contributed by atoms with van der Waals surface area (Å²) in [7, 11) is 4.11. The molecule has 119 valence electrons. The van der Waals surface area contributed by atoms with Crippen molar-refractivity contribution in [1.29, 1.82) is 0 Å². The zero-order valence-electron chi connectivity index (χ0n) is 12.8. The zero-order chi connectivity index (χ0) is 16.3. The Hall–Kier alpha value is -1.85. The number of hydrogen-bond donors (Lipinski definition) is 1. The van der Waals surface area contributed by atoms with Crippen molar-refractivity contribution < 1.29 is 4.39 Å². The first kappa shape index (κ1) is 16.0. The van der Waals surface area contributed by atoms with Gasteiger partial charge in [-0.15, -0.1) is 0 Å². The van der Waals surface area contributed by atoms with Crippen LogP contribution in [0.4, 0.5) is 4.39 Å². The molecule has 1 unspecified atom stereocenters. The third kappa shape index (κ3) is 3.12. The molecule has 3 rings (SSSR count). The third-order valence-corrected chi connectivity index (χ3v) is 5.41. The Morgan fingerprint density at radius 3 is 2.65 bits per heavy atom. The van der Waals surface area contributed by atoms with E-state index < -0.39 is 4.87 Å². The summed E-state index contributed by atoms with van der Waals surface area (Å²) in [5, 5.41) is 7.09. The fourth-order valence-electron chi connectivity index (χ4n) is 2.73. The molecule has 1 radical (unpaired) electrons. The average molecular weight is 328 g/mol. The zero-order valence-corrected chi connectivity index (χ0v) is 13.6. The molecule has 2 aromatic carbocycles. The standard InChI is InChI=1S/C18H19FN3S/c1-22-18(11-6-12-20,15-8-3-2-4-9-15)23-17(21-22)14-7-5-10-16(19)13-14/h2-5,7-10,13H,1,6,11-12,20H2. The Labute approximate surface area is 140 Å². The van der Waals surface area contributed by atoms with Crippen molar-refractivity contribution in [1.82, 2.24) is 5.01 Å². The van der Waals surface area contributed by atoms with Crippen LogP contribution in [0.15, 0.2) is 59.7 Å². The van der Waals surface area contributed by atoms with Crippen molar-refractivity contribution in [2.45, 2.75) is 17.7 Å². The van der Waals surface area contributed by atoms with Crippen molar-refractivity contribution >= 4 is 16.8 Å². The van der Waals surface area contributed by atoms with Gasteiger partial charge in [-0.1, -0.05) is 54.2 Å². The molecule has 1 heterocycles. The summed E-state index contributed by atoms with van der Waals surface area (Å²) in [6, 6.07) is 16.7. The molecular weight excluding hydrogens is 309 g/mol. The first-order chi connectivity index (χ1) is 11.2. The number of halogens is 1. The van der Waals surface area contributed by atoms with Crippen LogP contribution >= 0.6 is 11.8 Å². The molecule has 0 fully saturated rings. The molecule has 23 heavy (non-hydrogen) atoms. The second-order valence-corrected chi connectivity index (χ2v) is 6.73. The summed E-state index contributed by atoms with van der Waals surface area (Å²) in [4.78, 5) is -0.401. The van der Waals surface area contributed by atoms with E-state index in [2.05, 4.69) is 24.3 Å². The highest BCUT2D eigenvalue weighted by molar-refractivity contribution is 8.15. The van der Waals surface area contributed by atoms with Gasteiger partial charge in [0.2, 0.25) is 0 Å². The molecule has 0 saturated heterocycles. The summed E-state index contributed by atoms with van der Waals surface area (Å²) in [6.07, 6.45) is 1.68. The summed E-state index contributed by atoms with van der Waals surface area (Å²) >= 11 is 1.61. The van der Waals surface area contributed by atoms with E-state index in [-0.39, 0.29) is 5.82 Å². The molecule has 1 aliphatic heterocycles. The van der Waals surface area contributed by atoms with E-state index in [0.717, 1.165) is 29.0 Å². The molecule has 2 aromatic rings. The number of nitrogens with two attached hydrogens (primary N) is 1. The minimum atomic E-state index is -0.401. The Morgan fingerprint density at radius 1 is 1.17 bits per heavy atom. The Morgan fingerprint density at radius 2 is 1.96 bits per heavy atom. The third-order valence-electron chi connectivity index (χ3n) is 3.91. The van der Waals surface area contributed by atoms with Gasteiger partial charge < -0.3 is 5.73 Å². The highest BCUT2D eigenvalue weighted by Crippen LogP contribution is 2.49. The number of rotatable bonds is 5. The van der Waals surface area contributed by atoms with Gasteiger partial charge in [0.1, 0.15) is 15.7 Å². The van der Waals surface area contributed by atoms with Crippen molar-refractivity contribution in [2.75, 3.05) is 6.54 Å². The molecule has 1 atom stereocenters. The number of hydrogen-bond acceptors (Lipinski definition) is 4. The van der Waals surface area contributed by atoms with Crippen LogP contribution in [0.1, 0.15) is 24.0 Å². The van der Waals surface area contributed by atoms with Gasteiger partial charge in [0.15, 0.2) is 0 Å². The van der Waals surface area contributed by atoms with Crippen molar-refractivity contribution in [3.8, 4) is 0 Å². The smallest absolute Gasteiger partial charge is 0.134 e. The molecule has 0 bridgehead atoms. The molecule has 0 spiro atoms. The largest absolute Gasteiger partial charge is 0.330 e. The van der Waals surface area contributed by atoms with Gasteiger partial charge in [-0.2, -0.15) is 5.10 Å². The lowest BCUT2D eigenvalue weighted by molar-refractivity contribution is 0.241. The first-order valence-electron chi connectivity index (χ1n) is 7.55. The van der Waals surface area contributed by atoms with Crippen molar-refractivity contribution in [2.24, 2.45) is 10.8 Å². The molecule has 0 amide bonds. The summed E-state index contributed by atoms with van der Waals surface area (Å²) in [6.45, 7) is 0.609. The molecular formula is C18H19FN3S. The quantitative estimate of drug-likeness (QED) is 0.904. The maximum absolute atomic E-state index is 13.5. The molecule has 5 heteroatoms. The maximum Gasteiger partial charge on any atom is 0.134 e. The summed E-state index contributed by atoms with van der Waals surface area (Å²) in [5.41, 5.74) is 7.62. The average Bonchev–Trinajstić information content (AvgIpc) is 2.92. The van der Waals surface area contributed by atoms with Gasteiger partial charge >= 0.3 is 0 Å². The number of thioether (sulfide) groups is 1. The SMILES string of the molecule is [CH2]N1N=C(c2cccc(F)c2)SC1(CCCN)c1ccccc1. The number of benzene rings is 2. The first-order valence-corrected chi connectivity index (χ1v) is 8.37. The summed E-state index contributed by atoms with van der Waals surface area (Å²) < 4.78 is 13.5. The van der Waals surface area contributed by atoms with Crippen LogP contribution in [0.5, 0.6) is 0 Å². The monoisotopic (exact) mass is 328 g/mol. The van der Waals surface area contributed by atoms with Gasteiger partial charge in [0, 0.05) is 5.56 Å². The Bertz CT molecular complexity index is 704. The van der Waals surface area contributed by atoms with Crippen LogP contribution in [0.3, 0.4) is 0 Å². The van der Waals surface area contributed by atoms with E-state index in [1.807, 2.05) is 24.3 Å². The van der Waals surface area contributed by atoms with Crippen LogP contribution in [-0.4, -0.2) is 16.6 Å². The van der Waals surface area contributed by atoms with E-state index in [9.17, 15) is 4.39 Å². The molecule has 2 N–H and O–H groups in total. The highest BCUT2D eigenvalue weighted by atomic mass is 32.2. The molecule has 0 aromatic heterocycles. The number of nitrogens with zero attached hydrogens (tertiary/aromatic N) is 2. The van der Waals surface area contributed by atoms with Gasteiger partial charge in [0.25, 0.3) is 0 Å². The Balaban J connectivity index is 1.96. The highest BCUT2D eigenvalue weighted by Gasteiger charge is 2.43. The van der Waals surface area contributed by atoms with Crippen LogP contribution in [0.2, 0.25) is 0 Å². The predicted octanol–water partition coefficient (Wildman–Crippen LogP) is 3.92. The minimum absolute atomic E-state index is 0.263. The Kier molecular flexibility index (Phi) is 4.68. The molecule has 3 nitrogen and oxygen atoms in total. The van der Waals surface area contributed by atoms with Crippen LogP contribution in [0, 0.1) is 12.9 Å². The molecule has 0 aliphatic carbocycles. The van der Waals surface area contributed by atoms with E-state index in [1.165, 1.54) is 12.1 Å². The lowest BCUT2D eigenvalue weighted by Crippen LogP contribution is -2.33. The van der Waals surface area contributed by atoms with Crippen LogP contribution < -0.4 is 5.73 Å². The number of hydrazone groups is 1. The lowest BCUT2D eigenvalue weighted by Gasteiger charge is -2.34. The predicted molar refractivity (Wildman–Crippen MR) is 94.1 cm³/mol. The second-order valence-electron chi connectivity index (χ2n) is 5.46. The molecule has 0 saturated carbocycles. The summed E-state index contributed by atoms with van der Waals surface area (Å²) in [5.74, 6) is -0.263. The van der Waals surface area contributed by atoms with Crippen LogP contribution in [0.25, 0.3) is 0 Å². The normalized spacial score (nSPS) is 20.7. The van der Waals surface area contributed by atoms with Crippen molar-refractivity contribution in [3.05, 3.63) is 78.6 Å². The maximum atomic E-state index is 13.5. The lowest BCUT2D eigenvalue weighted by atomic mass is 10.0. The fraction of sp³-hybridized carbons (Fsp3) is 0.222. The van der Waals surface area contributed by atoms with E-state index in [0.29, 0.717) is 6.54 Å². The van der Waals surface area contributed by atoms with Gasteiger partial charge in [-0.05, 0) is 37.1 Å². The van der Waals surface area contributed by atoms with Crippen LogP contribution in [-0.2, 0) is 4.87 Å². The van der Waals surface area contributed by atoms with Gasteiger partial charge in [0.05, 0.1) is 7.05 Å². The van der Waals surface area contributed by atoms with E-state index in [4.69, 9.17) is 5.73 Å².